The average Bonchev–Trinajstić information content (AvgIpc) is 2.16. The van der Waals surface area contributed by atoms with Crippen molar-refractivity contribution < 1.29 is 4.84 Å². The largest absolute Gasteiger partial charge is 0.399 e. The number of pyridine rings is 1. The smallest absolute Gasteiger partial charge is 0.106 e. The second kappa shape index (κ2) is 4.60. The molecule has 0 spiro atoms. The Hall–Kier alpha value is -1.58. The highest BCUT2D eigenvalue weighted by Crippen LogP contribution is 2.21. The van der Waals surface area contributed by atoms with Gasteiger partial charge in [0.2, 0.25) is 0 Å². The van der Waals surface area contributed by atoms with Crippen LogP contribution in [0.4, 0.5) is 5.69 Å². The highest BCUT2D eigenvalue weighted by molar-refractivity contribution is 5.87. The van der Waals surface area contributed by atoms with E-state index in [1.807, 2.05) is 6.07 Å². The molecule has 0 aliphatic heterocycles. The molecular weight excluding hydrogens is 178 g/mol. The Morgan fingerprint density at radius 3 is 2.86 bits per heavy atom. The van der Waals surface area contributed by atoms with E-state index in [1.54, 1.807) is 12.4 Å². The Morgan fingerprint density at radius 2 is 2.29 bits per heavy atom. The van der Waals surface area contributed by atoms with Gasteiger partial charge in [0.1, 0.15) is 7.11 Å². The van der Waals surface area contributed by atoms with E-state index in [0.717, 1.165) is 11.3 Å². The number of hydrogen-bond donors (Lipinski definition) is 1. The summed E-state index contributed by atoms with van der Waals surface area (Å²) in [6.45, 7) is 4.10. The van der Waals surface area contributed by atoms with Gasteiger partial charge in [-0.25, -0.2) is 0 Å². The summed E-state index contributed by atoms with van der Waals surface area (Å²) in [6, 6.07) is 1.81. The van der Waals surface area contributed by atoms with Crippen molar-refractivity contribution in [1.82, 2.24) is 4.98 Å². The topological polar surface area (TPSA) is 60.5 Å². The van der Waals surface area contributed by atoms with Gasteiger partial charge in [0, 0.05) is 11.8 Å². The van der Waals surface area contributed by atoms with E-state index < -0.39 is 0 Å². The third-order valence-corrected chi connectivity index (χ3v) is 1.90. The van der Waals surface area contributed by atoms with Gasteiger partial charge >= 0.3 is 0 Å². The monoisotopic (exact) mass is 193 g/mol. The van der Waals surface area contributed by atoms with E-state index in [4.69, 9.17) is 5.73 Å². The Kier molecular flexibility index (Phi) is 3.45. The third-order valence-electron chi connectivity index (χ3n) is 1.90. The van der Waals surface area contributed by atoms with Crippen molar-refractivity contribution in [2.45, 2.75) is 19.8 Å². The van der Waals surface area contributed by atoms with Crippen LogP contribution >= 0.6 is 0 Å². The zero-order valence-electron chi connectivity index (χ0n) is 8.69. The van der Waals surface area contributed by atoms with E-state index in [2.05, 4.69) is 28.8 Å². The number of nitrogens with zero attached hydrogens (tertiary/aromatic N) is 2. The molecule has 1 aromatic rings. The van der Waals surface area contributed by atoms with Crippen LogP contribution in [0.5, 0.6) is 0 Å². The van der Waals surface area contributed by atoms with E-state index in [-0.39, 0.29) is 0 Å². The van der Waals surface area contributed by atoms with Crippen molar-refractivity contribution in [2.24, 2.45) is 5.16 Å². The Bertz CT molecular complexity index is 334. The van der Waals surface area contributed by atoms with Crippen molar-refractivity contribution in [1.29, 1.82) is 0 Å². The number of nitrogens with two attached hydrogens (primary N) is 1. The van der Waals surface area contributed by atoms with E-state index in [0.29, 0.717) is 11.6 Å². The van der Waals surface area contributed by atoms with E-state index >= 15 is 0 Å². The number of aromatic nitrogens is 1. The maximum atomic E-state index is 5.92. The molecule has 0 saturated carbocycles. The summed E-state index contributed by atoms with van der Waals surface area (Å²) in [4.78, 5) is 8.81. The van der Waals surface area contributed by atoms with E-state index in [1.165, 1.54) is 7.11 Å². The molecule has 0 atom stereocenters. The summed E-state index contributed by atoms with van der Waals surface area (Å²) in [5.41, 5.74) is 8.32. The quantitative estimate of drug-likeness (QED) is 0.587. The van der Waals surface area contributed by atoms with Crippen LogP contribution in [0.2, 0.25) is 0 Å². The fourth-order valence-electron chi connectivity index (χ4n) is 1.19. The third kappa shape index (κ3) is 2.22. The molecule has 0 amide bonds. The highest BCUT2D eigenvalue weighted by atomic mass is 16.6. The molecule has 14 heavy (non-hydrogen) atoms. The maximum Gasteiger partial charge on any atom is 0.106 e. The van der Waals surface area contributed by atoms with Crippen molar-refractivity contribution in [2.75, 3.05) is 12.8 Å². The van der Waals surface area contributed by atoms with Gasteiger partial charge in [0.25, 0.3) is 0 Å². The minimum Gasteiger partial charge on any atom is -0.399 e. The van der Waals surface area contributed by atoms with Crippen LogP contribution in [0.25, 0.3) is 0 Å². The average molecular weight is 193 g/mol. The summed E-state index contributed by atoms with van der Waals surface area (Å²) in [5, 5.41) is 3.67. The lowest BCUT2D eigenvalue weighted by Crippen LogP contribution is -2.03. The number of anilines is 1. The lowest BCUT2D eigenvalue weighted by molar-refractivity contribution is 0.215. The Labute approximate surface area is 83.8 Å². The molecule has 0 aliphatic rings. The molecular formula is C10H15N3O. The summed E-state index contributed by atoms with van der Waals surface area (Å²) < 4.78 is 0. The minimum absolute atomic E-state index is 0.311. The predicted octanol–water partition coefficient (Wildman–Crippen LogP) is 1.77. The predicted molar refractivity (Wildman–Crippen MR) is 57.3 cm³/mol. The zero-order chi connectivity index (χ0) is 10.6. The minimum atomic E-state index is 0.311. The number of rotatable bonds is 3. The first-order chi connectivity index (χ1) is 6.66. The Balaban J connectivity index is 3.07. The molecule has 4 nitrogen and oxygen atoms in total. The maximum absolute atomic E-state index is 5.92. The van der Waals surface area contributed by atoms with Crippen LogP contribution in [0.15, 0.2) is 17.4 Å². The second-order valence-corrected chi connectivity index (χ2v) is 3.27. The van der Waals surface area contributed by atoms with Gasteiger partial charge in [0.15, 0.2) is 0 Å². The van der Waals surface area contributed by atoms with Crippen LogP contribution < -0.4 is 5.73 Å². The van der Waals surface area contributed by atoms with Crippen LogP contribution in [0, 0.1) is 0 Å². The molecule has 0 saturated heterocycles. The van der Waals surface area contributed by atoms with Crippen LogP contribution in [0.1, 0.15) is 31.0 Å². The first-order valence-electron chi connectivity index (χ1n) is 4.47. The molecule has 2 N–H and O–H groups in total. The molecule has 0 aromatic carbocycles. The molecule has 4 heteroatoms. The molecule has 1 heterocycles. The first kappa shape index (κ1) is 10.5. The van der Waals surface area contributed by atoms with Crippen molar-refractivity contribution in [3.05, 3.63) is 23.5 Å². The summed E-state index contributed by atoms with van der Waals surface area (Å²) in [7, 11) is 1.50. The molecule has 0 aliphatic carbocycles. The number of nitrogen functional groups attached to an aromatic ring is 1. The molecule has 76 valence electrons. The molecule has 0 unspecified atom stereocenters. The van der Waals surface area contributed by atoms with Crippen LogP contribution in [-0.4, -0.2) is 18.3 Å². The normalized spacial score (nSPS) is 11.1. The number of oxime groups is 1. The number of hydrogen-bond acceptors (Lipinski definition) is 4. The second-order valence-electron chi connectivity index (χ2n) is 3.27. The molecule has 0 bridgehead atoms. The fourth-order valence-corrected chi connectivity index (χ4v) is 1.19. The summed E-state index contributed by atoms with van der Waals surface area (Å²) >= 11 is 0. The van der Waals surface area contributed by atoms with Gasteiger partial charge in [-0.3, -0.25) is 4.98 Å². The van der Waals surface area contributed by atoms with Crippen molar-refractivity contribution in [3.63, 3.8) is 0 Å². The molecule has 1 rings (SSSR count). The molecule has 1 aromatic heterocycles. The van der Waals surface area contributed by atoms with Gasteiger partial charge in [-0.1, -0.05) is 19.0 Å². The van der Waals surface area contributed by atoms with Crippen molar-refractivity contribution >= 4 is 11.9 Å². The highest BCUT2D eigenvalue weighted by Gasteiger charge is 2.07. The fraction of sp³-hybridized carbons (Fsp3) is 0.400. The lowest BCUT2D eigenvalue weighted by atomic mass is 10.1. The van der Waals surface area contributed by atoms with Crippen molar-refractivity contribution in [3.8, 4) is 0 Å². The van der Waals surface area contributed by atoms with Crippen LogP contribution in [-0.2, 0) is 4.84 Å². The van der Waals surface area contributed by atoms with Gasteiger partial charge in [-0.15, -0.1) is 0 Å². The van der Waals surface area contributed by atoms with Gasteiger partial charge in [-0.05, 0) is 12.0 Å². The molecule has 0 radical (unpaired) electrons. The summed E-state index contributed by atoms with van der Waals surface area (Å²) in [6.07, 6.45) is 3.31. The van der Waals surface area contributed by atoms with Crippen LogP contribution in [0.3, 0.4) is 0 Å². The van der Waals surface area contributed by atoms with Gasteiger partial charge in [-0.2, -0.15) is 0 Å². The Morgan fingerprint density at radius 1 is 1.57 bits per heavy atom. The first-order valence-corrected chi connectivity index (χ1v) is 4.47. The van der Waals surface area contributed by atoms with Gasteiger partial charge in [0.05, 0.1) is 17.6 Å². The zero-order valence-corrected chi connectivity index (χ0v) is 8.69. The molecule has 0 fully saturated rings. The standard InChI is InChI=1S/C10H15N3O/c1-7(2)10-9(11)8(4-5-12-10)6-13-14-3/h4-7H,11H2,1-3H3. The lowest BCUT2D eigenvalue weighted by Gasteiger charge is -2.09. The summed E-state index contributed by atoms with van der Waals surface area (Å²) in [5.74, 6) is 0.311. The SMILES string of the molecule is CON=Cc1ccnc(C(C)C)c1N. The van der Waals surface area contributed by atoms with E-state index in [9.17, 15) is 0 Å². The van der Waals surface area contributed by atoms with Gasteiger partial charge < -0.3 is 10.6 Å².